The van der Waals surface area contributed by atoms with Gasteiger partial charge >= 0.3 is 7.12 Å². The summed E-state index contributed by atoms with van der Waals surface area (Å²) in [6, 6.07) is 26.9. The zero-order valence-electron chi connectivity index (χ0n) is 13.9. The smallest absolute Gasteiger partial charge is 0.522 e. The zero-order chi connectivity index (χ0) is 17.3. The Bertz CT molecular complexity index is 749. The van der Waals surface area contributed by atoms with Crippen LogP contribution in [0.2, 0.25) is 0 Å². The molecule has 0 saturated heterocycles. The molecule has 0 amide bonds. The monoisotopic (exact) mass is 330 g/mol. The van der Waals surface area contributed by atoms with E-state index in [1.807, 2.05) is 84.9 Å². The first kappa shape index (κ1) is 16.7. The highest BCUT2D eigenvalue weighted by atomic mass is 16.6. The third kappa shape index (κ3) is 4.67. The van der Waals surface area contributed by atoms with Crippen LogP contribution in [-0.2, 0) is 0 Å². The van der Waals surface area contributed by atoms with Crippen LogP contribution in [0.5, 0.6) is 17.2 Å². The first-order chi connectivity index (χ1) is 12.4. The van der Waals surface area contributed by atoms with Gasteiger partial charge in [-0.3, -0.25) is 0 Å². The summed E-state index contributed by atoms with van der Waals surface area (Å²) in [7, 11) is -0.634. The van der Waals surface area contributed by atoms with Gasteiger partial charge in [0.15, 0.2) is 0 Å². The quantitative estimate of drug-likeness (QED) is 0.460. The largest absolute Gasteiger partial charge is 0.636 e. The summed E-state index contributed by atoms with van der Waals surface area (Å²) in [6.07, 6.45) is 1.71. The molecule has 0 aliphatic rings. The van der Waals surface area contributed by atoms with Gasteiger partial charge in [-0.05, 0) is 30.3 Å². The van der Waals surface area contributed by atoms with E-state index in [0.717, 1.165) is 17.0 Å². The molecular weight excluding hydrogens is 311 g/mol. The van der Waals surface area contributed by atoms with Gasteiger partial charge in [0.25, 0.3) is 0 Å². The standard InChI is InChI=1S/C21H19BO3/c1-2-17-23-21-16-10-9-15-20(21)22(24-18-11-5-3-6-12-18)25-19-13-7-4-8-14-19/h2-16H,1,17H2. The van der Waals surface area contributed by atoms with Crippen molar-refractivity contribution in [3.8, 4) is 17.2 Å². The molecule has 4 heteroatoms. The van der Waals surface area contributed by atoms with Gasteiger partial charge in [0.1, 0.15) is 23.9 Å². The minimum atomic E-state index is -0.634. The summed E-state index contributed by atoms with van der Waals surface area (Å²) in [4.78, 5) is 0. The van der Waals surface area contributed by atoms with Gasteiger partial charge in [0.2, 0.25) is 0 Å². The number of hydrogen-bond acceptors (Lipinski definition) is 3. The van der Waals surface area contributed by atoms with E-state index in [9.17, 15) is 0 Å². The highest BCUT2D eigenvalue weighted by Crippen LogP contribution is 2.17. The predicted molar refractivity (Wildman–Crippen MR) is 102 cm³/mol. The third-order valence-electron chi connectivity index (χ3n) is 3.50. The lowest BCUT2D eigenvalue weighted by atomic mass is 9.77. The average molecular weight is 330 g/mol. The zero-order valence-corrected chi connectivity index (χ0v) is 13.9. The topological polar surface area (TPSA) is 27.7 Å². The van der Waals surface area contributed by atoms with Crippen molar-refractivity contribution in [2.24, 2.45) is 0 Å². The summed E-state index contributed by atoms with van der Waals surface area (Å²) in [5.41, 5.74) is 0.817. The number of hydrogen-bond donors (Lipinski definition) is 0. The number of benzene rings is 3. The molecule has 0 fully saturated rings. The lowest BCUT2D eigenvalue weighted by molar-refractivity contribution is 0.363. The van der Waals surface area contributed by atoms with E-state index < -0.39 is 7.12 Å². The molecule has 0 aliphatic carbocycles. The SMILES string of the molecule is C=CCOc1ccccc1B(Oc1ccccc1)Oc1ccccc1. The Hall–Kier alpha value is -3.14. The van der Waals surface area contributed by atoms with Gasteiger partial charge in [-0.15, -0.1) is 0 Å². The second-order valence-electron chi connectivity index (χ2n) is 5.33. The summed E-state index contributed by atoms with van der Waals surface area (Å²) < 4.78 is 18.0. The average Bonchev–Trinajstić information content (AvgIpc) is 2.68. The highest BCUT2D eigenvalue weighted by Gasteiger charge is 2.30. The van der Waals surface area contributed by atoms with Crippen LogP contribution in [0.4, 0.5) is 0 Å². The van der Waals surface area contributed by atoms with Gasteiger partial charge < -0.3 is 14.0 Å². The van der Waals surface area contributed by atoms with Gasteiger partial charge in [-0.2, -0.15) is 0 Å². The van der Waals surface area contributed by atoms with Crippen molar-refractivity contribution in [1.29, 1.82) is 0 Å². The van der Waals surface area contributed by atoms with Crippen molar-refractivity contribution in [2.45, 2.75) is 0 Å². The number of ether oxygens (including phenoxy) is 1. The van der Waals surface area contributed by atoms with Crippen molar-refractivity contribution in [3.63, 3.8) is 0 Å². The molecule has 0 aromatic heterocycles. The van der Waals surface area contributed by atoms with E-state index in [-0.39, 0.29) is 0 Å². The number of para-hydroxylation sites is 3. The van der Waals surface area contributed by atoms with E-state index in [2.05, 4.69) is 6.58 Å². The molecule has 3 nitrogen and oxygen atoms in total. The fraction of sp³-hybridized carbons (Fsp3) is 0.0476. The van der Waals surface area contributed by atoms with Crippen molar-refractivity contribution in [1.82, 2.24) is 0 Å². The van der Waals surface area contributed by atoms with E-state index >= 15 is 0 Å². The molecular formula is C21H19BO3. The molecule has 0 bridgehead atoms. The maximum Gasteiger partial charge on any atom is 0.636 e. The van der Waals surface area contributed by atoms with E-state index in [1.165, 1.54) is 0 Å². The van der Waals surface area contributed by atoms with Crippen LogP contribution < -0.4 is 19.5 Å². The Kier molecular flexibility index (Phi) is 5.78. The molecule has 0 aliphatic heterocycles. The molecule has 3 aromatic carbocycles. The summed E-state index contributed by atoms with van der Waals surface area (Å²) in [5.74, 6) is 2.16. The molecule has 3 aromatic rings. The summed E-state index contributed by atoms with van der Waals surface area (Å²) in [5, 5.41) is 0. The second-order valence-corrected chi connectivity index (χ2v) is 5.33. The van der Waals surface area contributed by atoms with Crippen LogP contribution in [0.25, 0.3) is 0 Å². The molecule has 3 rings (SSSR count). The lowest BCUT2D eigenvalue weighted by Gasteiger charge is -2.19. The van der Waals surface area contributed by atoms with Crippen molar-refractivity contribution in [2.75, 3.05) is 6.61 Å². The maximum atomic E-state index is 6.10. The Morgan fingerprint density at radius 2 is 1.24 bits per heavy atom. The first-order valence-electron chi connectivity index (χ1n) is 8.13. The Labute approximate surface area is 148 Å². The van der Waals surface area contributed by atoms with Gasteiger partial charge in [-0.1, -0.05) is 67.3 Å². The second kappa shape index (κ2) is 8.64. The van der Waals surface area contributed by atoms with Crippen LogP contribution >= 0.6 is 0 Å². The predicted octanol–water partition coefficient (Wildman–Crippen LogP) is 4.10. The minimum Gasteiger partial charge on any atom is -0.522 e. The first-order valence-corrected chi connectivity index (χ1v) is 8.13. The van der Waals surface area contributed by atoms with Gasteiger partial charge in [-0.25, -0.2) is 0 Å². The Balaban J connectivity index is 1.91. The fourth-order valence-electron chi connectivity index (χ4n) is 2.35. The molecule has 25 heavy (non-hydrogen) atoms. The molecule has 0 heterocycles. The van der Waals surface area contributed by atoms with Gasteiger partial charge in [0.05, 0.1) is 5.46 Å². The van der Waals surface area contributed by atoms with Crippen molar-refractivity contribution < 1.29 is 14.0 Å². The minimum absolute atomic E-state index is 0.417. The van der Waals surface area contributed by atoms with Crippen LogP contribution in [0.3, 0.4) is 0 Å². The lowest BCUT2D eigenvalue weighted by Crippen LogP contribution is -2.43. The number of rotatable bonds is 8. The van der Waals surface area contributed by atoms with Crippen LogP contribution in [0, 0.1) is 0 Å². The molecule has 0 saturated carbocycles. The third-order valence-corrected chi connectivity index (χ3v) is 3.50. The molecule has 0 unspecified atom stereocenters. The van der Waals surface area contributed by atoms with E-state index in [4.69, 9.17) is 14.0 Å². The van der Waals surface area contributed by atoms with Crippen molar-refractivity contribution in [3.05, 3.63) is 97.6 Å². The van der Waals surface area contributed by atoms with Crippen LogP contribution in [0.1, 0.15) is 0 Å². The Morgan fingerprint density at radius 3 is 1.80 bits per heavy atom. The molecule has 0 spiro atoms. The maximum absolute atomic E-state index is 6.10. The molecule has 0 radical (unpaired) electrons. The summed E-state index contributed by atoms with van der Waals surface area (Å²) >= 11 is 0. The summed E-state index contributed by atoms with van der Waals surface area (Å²) in [6.45, 7) is 4.12. The highest BCUT2D eigenvalue weighted by molar-refractivity contribution is 6.63. The molecule has 0 atom stereocenters. The van der Waals surface area contributed by atoms with E-state index in [0.29, 0.717) is 12.4 Å². The Morgan fingerprint density at radius 1 is 0.720 bits per heavy atom. The van der Waals surface area contributed by atoms with Crippen LogP contribution in [0.15, 0.2) is 97.6 Å². The van der Waals surface area contributed by atoms with E-state index in [1.54, 1.807) is 6.08 Å². The fourth-order valence-corrected chi connectivity index (χ4v) is 2.35. The molecule has 124 valence electrons. The van der Waals surface area contributed by atoms with Crippen LogP contribution in [-0.4, -0.2) is 13.7 Å². The molecule has 0 N–H and O–H groups in total. The van der Waals surface area contributed by atoms with Gasteiger partial charge in [0, 0.05) is 0 Å². The normalized spacial score (nSPS) is 9.92. The van der Waals surface area contributed by atoms with Crippen molar-refractivity contribution >= 4 is 12.6 Å².